The Bertz CT molecular complexity index is 483. The predicted molar refractivity (Wildman–Crippen MR) is 76.7 cm³/mol. The van der Waals surface area contributed by atoms with Crippen LogP contribution < -0.4 is 0 Å². The Morgan fingerprint density at radius 3 is 2.90 bits per heavy atom. The molecule has 0 N–H and O–H groups in total. The highest BCUT2D eigenvalue weighted by atomic mass is 16.5. The fourth-order valence-electron chi connectivity index (χ4n) is 3.16. The number of carbonyl (C=O) groups is 1. The Morgan fingerprint density at radius 2 is 2.19 bits per heavy atom. The monoisotopic (exact) mass is 293 g/mol. The van der Waals surface area contributed by atoms with Gasteiger partial charge in [-0.05, 0) is 12.8 Å². The highest BCUT2D eigenvalue weighted by Gasteiger charge is 2.30. The van der Waals surface area contributed by atoms with E-state index in [-0.39, 0.29) is 5.91 Å². The SMILES string of the molecule is Cn1nncc1CC(=O)N1CCC[C@H]1CN1CCOCC1. The lowest BCUT2D eigenvalue weighted by Crippen LogP contribution is -2.47. The van der Waals surface area contributed by atoms with Crippen LogP contribution in [-0.4, -0.2) is 76.1 Å². The quantitative estimate of drug-likeness (QED) is 0.761. The van der Waals surface area contributed by atoms with Gasteiger partial charge in [0.05, 0.1) is 31.5 Å². The minimum Gasteiger partial charge on any atom is -0.379 e. The van der Waals surface area contributed by atoms with E-state index in [1.54, 1.807) is 10.9 Å². The first-order valence-electron chi connectivity index (χ1n) is 7.67. The van der Waals surface area contributed by atoms with Crippen LogP contribution in [0.15, 0.2) is 6.20 Å². The standard InChI is InChI=1S/C14H23N5O2/c1-17-13(10-15-16-17)9-14(20)19-4-2-3-12(19)11-18-5-7-21-8-6-18/h10,12H,2-9,11H2,1H3/t12-/m0/s1. The molecule has 2 saturated heterocycles. The number of morpholine rings is 1. The second kappa shape index (κ2) is 6.53. The topological polar surface area (TPSA) is 63.5 Å². The summed E-state index contributed by atoms with van der Waals surface area (Å²) in [5, 5.41) is 7.72. The molecule has 7 nitrogen and oxygen atoms in total. The number of aromatic nitrogens is 3. The fourth-order valence-corrected chi connectivity index (χ4v) is 3.16. The van der Waals surface area contributed by atoms with Crippen molar-refractivity contribution >= 4 is 5.91 Å². The maximum Gasteiger partial charge on any atom is 0.228 e. The highest BCUT2D eigenvalue weighted by Crippen LogP contribution is 2.20. The Kier molecular flexibility index (Phi) is 4.50. The molecule has 21 heavy (non-hydrogen) atoms. The zero-order valence-corrected chi connectivity index (χ0v) is 12.6. The molecular weight excluding hydrogens is 270 g/mol. The number of aryl methyl sites for hydroxylation is 1. The molecule has 1 atom stereocenters. The molecular formula is C14H23N5O2. The first-order chi connectivity index (χ1) is 10.2. The minimum atomic E-state index is 0.191. The normalized spacial score (nSPS) is 23.7. The van der Waals surface area contributed by atoms with Gasteiger partial charge in [-0.1, -0.05) is 5.21 Å². The summed E-state index contributed by atoms with van der Waals surface area (Å²) >= 11 is 0. The third-order valence-electron chi connectivity index (χ3n) is 4.41. The van der Waals surface area contributed by atoms with Crippen molar-refractivity contribution in [1.29, 1.82) is 0 Å². The van der Waals surface area contributed by atoms with Gasteiger partial charge >= 0.3 is 0 Å². The highest BCUT2D eigenvalue weighted by molar-refractivity contribution is 5.78. The Hall–Kier alpha value is -1.47. The number of ether oxygens (including phenoxy) is 1. The zero-order valence-electron chi connectivity index (χ0n) is 12.6. The van der Waals surface area contributed by atoms with Crippen molar-refractivity contribution in [1.82, 2.24) is 24.8 Å². The van der Waals surface area contributed by atoms with Crippen molar-refractivity contribution in [2.45, 2.75) is 25.3 Å². The van der Waals surface area contributed by atoms with E-state index >= 15 is 0 Å². The molecule has 7 heteroatoms. The smallest absolute Gasteiger partial charge is 0.228 e. The summed E-state index contributed by atoms with van der Waals surface area (Å²) in [5.41, 5.74) is 0.872. The van der Waals surface area contributed by atoms with E-state index in [1.165, 1.54) is 0 Å². The first-order valence-corrected chi connectivity index (χ1v) is 7.67. The van der Waals surface area contributed by atoms with Crippen LogP contribution in [0.1, 0.15) is 18.5 Å². The summed E-state index contributed by atoms with van der Waals surface area (Å²) < 4.78 is 7.05. The molecule has 2 fully saturated rings. The molecule has 2 aliphatic heterocycles. The van der Waals surface area contributed by atoms with Crippen LogP contribution in [0.5, 0.6) is 0 Å². The molecule has 0 bridgehead atoms. The van der Waals surface area contributed by atoms with E-state index in [4.69, 9.17) is 4.74 Å². The van der Waals surface area contributed by atoms with E-state index in [0.717, 1.165) is 57.9 Å². The molecule has 2 aliphatic rings. The van der Waals surface area contributed by atoms with Gasteiger partial charge in [0.25, 0.3) is 0 Å². The van der Waals surface area contributed by atoms with E-state index in [9.17, 15) is 4.79 Å². The van der Waals surface area contributed by atoms with Crippen LogP contribution >= 0.6 is 0 Å². The maximum absolute atomic E-state index is 12.5. The fraction of sp³-hybridized carbons (Fsp3) is 0.786. The van der Waals surface area contributed by atoms with Crippen molar-refractivity contribution in [3.8, 4) is 0 Å². The van der Waals surface area contributed by atoms with E-state index in [0.29, 0.717) is 12.5 Å². The van der Waals surface area contributed by atoms with Gasteiger partial charge in [0, 0.05) is 39.3 Å². The van der Waals surface area contributed by atoms with Crippen LogP contribution in [0, 0.1) is 0 Å². The van der Waals surface area contributed by atoms with Gasteiger partial charge in [0.1, 0.15) is 0 Å². The van der Waals surface area contributed by atoms with Crippen LogP contribution in [0.3, 0.4) is 0 Å². The van der Waals surface area contributed by atoms with Crippen molar-refractivity contribution in [3.63, 3.8) is 0 Å². The van der Waals surface area contributed by atoms with Gasteiger partial charge in [-0.2, -0.15) is 0 Å². The Morgan fingerprint density at radius 1 is 1.38 bits per heavy atom. The molecule has 0 unspecified atom stereocenters. The molecule has 116 valence electrons. The van der Waals surface area contributed by atoms with Gasteiger partial charge in [-0.3, -0.25) is 14.4 Å². The molecule has 0 radical (unpaired) electrons. The molecule has 3 heterocycles. The average Bonchev–Trinajstić information content (AvgIpc) is 3.10. The van der Waals surface area contributed by atoms with Gasteiger partial charge in [-0.15, -0.1) is 5.10 Å². The number of rotatable bonds is 4. The largest absolute Gasteiger partial charge is 0.379 e. The molecule has 1 amide bonds. The summed E-state index contributed by atoms with van der Waals surface area (Å²) in [4.78, 5) is 17.0. The number of amides is 1. The molecule has 1 aromatic rings. The van der Waals surface area contributed by atoms with E-state index in [2.05, 4.69) is 15.2 Å². The molecule has 1 aromatic heterocycles. The molecule has 3 rings (SSSR count). The van der Waals surface area contributed by atoms with Crippen LogP contribution in [-0.2, 0) is 23.0 Å². The van der Waals surface area contributed by atoms with Gasteiger partial charge in [0.2, 0.25) is 5.91 Å². The summed E-state index contributed by atoms with van der Waals surface area (Å²) in [7, 11) is 1.82. The summed E-state index contributed by atoms with van der Waals surface area (Å²) in [6.07, 6.45) is 4.27. The lowest BCUT2D eigenvalue weighted by Gasteiger charge is -2.33. The molecule has 0 aliphatic carbocycles. The van der Waals surface area contributed by atoms with E-state index in [1.807, 2.05) is 11.9 Å². The first kappa shape index (κ1) is 14.5. The zero-order chi connectivity index (χ0) is 14.7. The van der Waals surface area contributed by atoms with E-state index < -0.39 is 0 Å². The third-order valence-corrected chi connectivity index (χ3v) is 4.41. The van der Waals surface area contributed by atoms with Crippen molar-refractivity contribution in [2.24, 2.45) is 7.05 Å². The van der Waals surface area contributed by atoms with Crippen LogP contribution in [0.4, 0.5) is 0 Å². The summed E-state index contributed by atoms with van der Waals surface area (Å²) in [6.45, 7) is 5.41. The van der Waals surface area contributed by atoms with Crippen molar-refractivity contribution in [2.75, 3.05) is 39.4 Å². The average molecular weight is 293 g/mol. The predicted octanol–water partition coefficient (Wildman–Crippen LogP) is -0.319. The second-order valence-corrected chi connectivity index (χ2v) is 5.82. The van der Waals surface area contributed by atoms with Crippen LogP contribution in [0.25, 0.3) is 0 Å². The third kappa shape index (κ3) is 3.41. The number of hydrogen-bond donors (Lipinski definition) is 0. The number of carbonyl (C=O) groups excluding carboxylic acids is 1. The number of nitrogens with zero attached hydrogens (tertiary/aromatic N) is 5. The van der Waals surface area contributed by atoms with Crippen LogP contribution in [0.2, 0.25) is 0 Å². The van der Waals surface area contributed by atoms with Gasteiger partial charge in [0.15, 0.2) is 0 Å². The minimum absolute atomic E-state index is 0.191. The Labute approximate surface area is 124 Å². The second-order valence-electron chi connectivity index (χ2n) is 5.82. The Balaban J connectivity index is 1.58. The number of likely N-dealkylation sites (tertiary alicyclic amines) is 1. The van der Waals surface area contributed by atoms with Gasteiger partial charge in [-0.25, -0.2) is 0 Å². The molecule has 0 spiro atoms. The summed E-state index contributed by atoms with van der Waals surface area (Å²) in [5.74, 6) is 0.191. The number of hydrogen-bond acceptors (Lipinski definition) is 5. The lowest BCUT2D eigenvalue weighted by molar-refractivity contribution is -0.131. The van der Waals surface area contributed by atoms with Gasteiger partial charge < -0.3 is 9.64 Å². The summed E-state index contributed by atoms with van der Waals surface area (Å²) in [6, 6.07) is 0.344. The van der Waals surface area contributed by atoms with Crippen molar-refractivity contribution < 1.29 is 9.53 Å². The lowest BCUT2D eigenvalue weighted by atomic mass is 10.2. The van der Waals surface area contributed by atoms with Crippen molar-refractivity contribution in [3.05, 3.63) is 11.9 Å². The molecule has 0 aromatic carbocycles. The molecule has 0 saturated carbocycles. The maximum atomic E-state index is 12.5.